The Morgan fingerprint density at radius 3 is 2.32 bits per heavy atom. The van der Waals surface area contributed by atoms with Gasteiger partial charge in [0.25, 0.3) is 17.7 Å². The van der Waals surface area contributed by atoms with Crippen LogP contribution >= 0.6 is 23.2 Å². The average molecular weight is 542 g/mol. The molecule has 3 aromatic carbocycles. The van der Waals surface area contributed by atoms with E-state index in [-0.39, 0.29) is 33.6 Å². The minimum absolute atomic E-state index is 0.0541. The Hall–Kier alpha value is -4.21. The van der Waals surface area contributed by atoms with E-state index < -0.39 is 29.5 Å². The highest BCUT2D eigenvalue weighted by atomic mass is 35.5. The van der Waals surface area contributed by atoms with Crippen LogP contribution < -0.4 is 15.5 Å². The first-order valence-electron chi connectivity index (χ1n) is 10.9. The van der Waals surface area contributed by atoms with Crippen LogP contribution in [0.4, 0.5) is 21.5 Å². The average Bonchev–Trinajstić information content (AvgIpc) is 3.09. The molecule has 0 spiro atoms. The Morgan fingerprint density at radius 2 is 1.65 bits per heavy atom. The highest BCUT2D eigenvalue weighted by molar-refractivity contribution is 6.53. The monoisotopic (exact) mass is 541 g/mol. The summed E-state index contributed by atoms with van der Waals surface area (Å²) in [5.74, 6) is -3.20. The molecule has 0 unspecified atom stereocenters. The summed E-state index contributed by atoms with van der Waals surface area (Å²) >= 11 is 11.9. The maximum Gasteiger partial charge on any atom is 0.338 e. The minimum atomic E-state index is -0.808. The SMILES string of the molecule is CCOC(=O)c1ccc(NC(=O)c2cccc(NC3=C(Cl)C(=O)N(c4ccc(F)c(Cl)c4)C3=O)c2)cc1. The van der Waals surface area contributed by atoms with E-state index >= 15 is 0 Å². The molecule has 3 aromatic rings. The third-order valence-electron chi connectivity index (χ3n) is 5.24. The molecule has 2 N–H and O–H groups in total. The largest absolute Gasteiger partial charge is 0.462 e. The van der Waals surface area contributed by atoms with Crippen molar-refractivity contribution in [3.8, 4) is 0 Å². The molecule has 8 nitrogen and oxygen atoms in total. The molecule has 3 amide bonds. The molecule has 188 valence electrons. The molecular formula is C26H18Cl2FN3O5. The van der Waals surface area contributed by atoms with Gasteiger partial charge >= 0.3 is 5.97 Å². The number of rotatable bonds is 7. The second-order valence-electron chi connectivity index (χ2n) is 7.69. The van der Waals surface area contributed by atoms with Crippen LogP contribution in [0.15, 0.2) is 77.5 Å². The second kappa shape index (κ2) is 10.8. The lowest BCUT2D eigenvalue weighted by Crippen LogP contribution is -2.32. The van der Waals surface area contributed by atoms with Crippen LogP contribution in [0, 0.1) is 5.82 Å². The molecule has 4 rings (SSSR count). The lowest BCUT2D eigenvalue weighted by Gasteiger charge is -2.15. The van der Waals surface area contributed by atoms with Crippen LogP contribution in [0.1, 0.15) is 27.6 Å². The van der Waals surface area contributed by atoms with Crippen molar-refractivity contribution in [2.45, 2.75) is 6.92 Å². The molecule has 1 aliphatic heterocycles. The van der Waals surface area contributed by atoms with Crippen LogP contribution in [0.2, 0.25) is 5.02 Å². The molecule has 0 aliphatic carbocycles. The molecule has 1 heterocycles. The van der Waals surface area contributed by atoms with E-state index in [1.165, 1.54) is 24.3 Å². The van der Waals surface area contributed by atoms with Crippen molar-refractivity contribution in [3.63, 3.8) is 0 Å². The number of nitrogens with one attached hydrogen (secondary N) is 2. The van der Waals surface area contributed by atoms with E-state index in [2.05, 4.69) is 10.6 Å². The number of amides is 3. The summed E-state index contributed by atoms with van der Waals surface area (Å²) in [6, 6.07) is 15.8. The number of imide groups is 1. The van der Waals surface area contributed by atoms with Crippen LogP contribution in [-0.2, 0) is 14.3 Å². The van der Waals surface area contributed by atoms with Crippen LogP contribution in [-0.4, -0.2) is 30.3 Å². The van der Waals surface area contributed by atoms with Crippen molar-refractivity contribution in [2.75, 3.05) is 22.1 Å². The zero-order chi connectivity index (χ0) is 26.7. The maximum absolute atomic E-state index is 13.5. The summed E-state index contributed by atoms with van der Waals surface area (Å²) < 4.78 is 18.5. The zero-order valence-electron chi connectivity index (χ0n) is 19.2. The summed E-state index contributed by atoms with van der Waals surface area (Å²) in [7, 11) is 0. The standard InChI is InChI=1S/C26H18Cl2FN3O5/c1-2-37-26(36)14-6-8-16(9-7-14)31-23(33)15-4-3-5-17(12-15)30-22-21(28)24(34)32(25(22)35)18-10-11-20(29)19(27)13-18/h3-13,30H,2H2,1H3,(H,31,33). The smallest absolute Gasteiger partial charge is 0.338 e. The predicted molar refractivity (Wildman–Crippen MR) is 137 cm³/mol. The molecule has 0 bridgehead atoms. The number of esters is 1. The summed E-state index contributed by atoms with van der Waals surface area (Å²) in [4.78, 5) is 50.9. The van der Waals surface area contributed by atoms with Crippen molar-refractivity contribution < 1.29 is 28.3 Å². The molecule has 1 aliphatic rings. The molecular weight excluding hydrogens is 524 g/mol. The summed E-state index contributed by atoms with van der Waals surface area (Å²) in [6.07, 6.45) is 0. The van der Waals surface area contributed by atoms with Gasteiger partial charge in [-0.25, -0.2) is 14.1 Å². The number of carbonyl (C=O) groups excluding carboxylic acids is 4. The van der Waals surface area contributed by atoms with Crippen molar-refractivity contribution in [1.29, 1.82) is 0 Å². The maximum atomic E-state index is 13.5. The van der Waals surface area contributed by atoms with Crippen molar-refractivity contribution in [2.24, 2.45) is 0 Å². The number of hydrogen-bond acceptors (Lipinski definition) is 6. The number of halogens is 3. The van der Waals surface area contributed by atoms with Crippen molar-refractivity contribution in [3.05, 3.63) is 99.4 Å². The van der Waals surface area contributed by atoms with Crippen LogP contribution in [0.5, 0.6) is 0 Å². The predicted octanol–water partition coefficient (Wildman–Crippen LogP) is 5.34. The quantitative estimate of drug-likeness (QED) is 0.309. The van der Waals surface area contributed by atoms with Gasteiger partial charge in [-0.1, -0.05) is 29.3 Å². The first-order chi connectivity index (χ1) is 17.7. The third kappa shape index (κ3) is 5.47. The highest BCUT2D eigenvalue weighted by Gasteiger charge is 2.39. The summed E-state index contributed by atoms with van der Waals surface area (Å²) in [5, 5.41) is 4.86. The van der Waals surface area contributed by atoms with Crippen molar-refractivity contribution in [1.82, 2.24) is 0 Å². The Bertz CT molecular complexity index is 1460. The minimum Gasteiger partial charge on any atom is -0.462 e. The number of anilines is 3. The number of ether oxygens (including phenoxy) is 1. The lowest BCUT2D eigenvalue weighted by atomic mass is 10.1. The van der Waals surface area contributed by atoms with Gasteiger partial charge in [0.2, 0.25) is 0 Å². The van der Waals surface area contributed by atoms with Gasteiger partial charge in [0.15, 0.2) is 0 Å². The molecule has 37 heavy (non-hydrogen) atoms. The summed E-state index contributed by atoms with van der Waals surface area (Å²) in [5.41, 5.74) is 1.21. The van der Waals surface area contributed by atoms with Gasteiger partial charge in [0.05, 0.1) is 22.9 Å². The Labute approximate surface area is 220 Å². The first-order valence-corrected chi connectivity index (χ1v) is 11.6. The van der Waals surface area contributed by atoms with Gasteiger partial charge in [0.1, 0.15) is 16.5 Å². The molecule has 0 fully saturated rings. The topological polar surface area (TPSA) is 105 Å². The fourth-order valence-electron chi connectivity index (χ4n) is 3.46. The van der Waals surface area contributed by atoms with Gasteiger partial charge in [0, 0.05) is 16.9 Å². The number of nitrogens with zero attached hydrogens (tertiary/aromatic N) is 1. The summed E-state index contributed by atoms with van der Waals surface area (Å²) in [6.45, 7) is 1.96. The molecule has 0 atom stereocenters. The molecule has 0 saturated carbocycles. The van der Waals surface area contributed by atoms with Crippen LogP contribution in [0.3, 0.4) is 0 Å². The Morgan fingerprint density at radius 1 is 0.919 bits per heavy atom. The third-order valence-corrected chi connectivity index (χ3v) is 5.88. The van der Waals surface area contributed by atoms with Gasteiger partial charge in [-0.15, -0.1) is 0 Å². The van der Waals surface area contributed by atoms with Gasteiger partial charge in [-0.05, 0) is 67.6 Å². The van der Waals surface area contributed by atoms with E-state index in [0.717, 1.165) is 17.0 Å². The molecule has 0 aromatic heterocycles. The molecule has 11 heteroatoms. The molecule has 0 radical (unpaired) electrons. The van der Waals surface area contributed by atoms with Crippen molar-refractivity contribution >= 4 is 64.0 Å². The van der Waals surface area contributed by atoms with E-state index in [1.54, 1.807) is 37.3 Å². The Kier molecular flexibility index (Phi) is 7.56. The zero-order valence-corrected chi connectivity index (χ0v) is 20.7. The number of hydrogen-bond donors (Lipinski definition) is 2. The first kappa shape index (κ1) is 25.9. The second-order valence-corrected chi connectivity index (χ2v) is 8.48. The van der Waals surface area contributed by atoms with E-state index in [4.69, 9.17) is 27.9 Å². The fraction of sp³-hybridized carbons (Fsp3) is 0.0769. The lowest BCUT2D eigenvalue weighted by molar-refractivity contribution is -0.120. The highest BCUT2D eigenvalue weighted by Crippen LogP contribution is 2.32. The van der Waals surface area contributed by atoms with Gasteiger partial charge in [-0.3, -0.25) is 14.4 Å². The Balaban J connectivity index is 1.48. The molecule has 0 saturated heterocycles. The van der Waals surface area contributed by atoms with Gasteiger partial charge < -0.3 is 15.4 Å². The number of benzene rings is 3. The fourth-order valence-corrected chi connectivity index (χ4v) is 3.85. The normalized spacial score (nSPS) is 13.1. The van der Waals surface area contributed by atoms with E-state index in [0.29, 0.717) is 16.9 Å². The van der Waals surface area contributed by atoms with Crippen LogP contribution in [0.25, 0.3) is 0 Å². The van der Waals surface area contributed by atoms with E-state index in [9.17, 15) is 23.6 Å². The van der Waals surface area contributed by atoms with E-state index in [1.807, 2.05) is 0 Å². The van der Waals surface area contributed by atoms with Gasteiger partial charge in [-0.2, -0.15) is 0 Å². The number of carbonyl (C=O) groups is 4.